The summed E-state index contributed by atoms with van der Waals surface area (Å²) < 4.78 is 52.7. The fourth-order valence-corrected chi connectivity index (χ4v) is 3.85. The Hall–Kier alpha value is -2.11. The molecule has 138 valence electrons. The van der Waals surface area contributed by atoms with E-state index in [-0.39, 0.29) is 32.7 Å². The van der Waals surface area contributed by atoms with Crippen LogP contribution in [0.3, 0.4) is 0 Å². The molecule has 0 spiro atoms. The van der Waals surface area contributed by atoms with Crippen LogP contribution in [-0.2, 0) is 14.8 Å². The third-order valence-electron chi connectivity index (χ3n) is 3.69. The molecule has 0 aliphatic carbocycles. The molecule has 1 fully saturated rings. The molecule has 1 saturated heterocycles. The first-order chi connectivity index (χ1) is 11.7. The van der Waals surface area contributed by atoms with Crippen LogP contribution in [0.25, 0.3) is 0 Å². The highest BCUT2D eigenvalue weighted by Crippen LogP contribution is 2.21. The highest BCUT2D eigenvalue weighted by molar-refractivity contribution is 7.89. The number of carbonyl (C=O) groups excluding carboxylic acids is 2. The fraction of sp³-hybridized carbons (Fsp3) is 0.429. The van der Waals surface area contributed by atoms with Crippen molar-refractivity contribution < 1.29 is 26.8 Å². The number of benzene rings is 1. The van der Waals surface area contributed by atoms with Crippen molar-refractivity contribution >= 4 is 22.0 Å². The Morgan fingerprint density at radius 3 is 2.36 bits per heavy atom. The molecule has 2 rings (SSSR count). The van der Waals surface area contributed by atoms with E-state index in [2.05, 4.69) is 10.6 Å². The van der Waals surface area contributed by atoms with Crippen LogP contribution >= 0.6 is 0 Å². The van der Waals surface area contributed by atoms with Gasteiger partial charge in [-0.25, -0.2) is 22.0 Å². The van der Waals surface area contributed by atoms with Crippen LogP contribution in [0.5, 0.6) is 0 Å². The average Bonchev–Trinajstić information content (AvgIpc) is 2.54. The van der Waals surface area contributed by atoms with Crippen LogP contribution in [0, 0.1) is 11.6 Å². The molecular formula is C14H18F2N4O4S. The average molecular weight is 376 g/mol. The Bertz CT molecular complexity index is 764. The molecule has 0 saturated carbocycles. The Labute approximate surface area is 143 Å². The van der Waals surface area contributed by atoms with E-state index in [1.54, 1.807) is 4.90 Å². The quantitative estimate of drug-likeness (QED) is 0.754. The number of piperazine rings is 1. The van der Waals surface area contributed by atoms with Crippen LogP contribution < -0.4 is 10.6 Å². The summed E-state index contributed by atoms with van der Waals surface area (Å²) in [7, 11) is -2.71. The smallest absolute Gasteiger partial charge is 0.321 e. The van der Waals surface area contributed by atoms with E-state index in [1.807, 2.05) is 0 Å². The van der Waals surface area contributed by atoms with Gasteiger partial charge in [0, 0.05) is 39.3 Å². The van der Waals surface area contributed by atoms with E-state index in [9.17, 15) is 26.8 Å². The van der Waals surface area contributed by atoms with E-state index < -0.39 is 38.5 Å². The van der Waals surface area contributed by atoms with Crippen molar-refractivity contribution in [2.24, 2.45) is 0 Å². The van der Waals surface area contributed by atoms with Crippen LogP contribution in [0.4, 0.5) is 13.6 Å². The lowest BCUT2D eigenvalue weighted by Gasteiger charge is -2.33. The highest BCUT2D eigenvalue weighted by Gasteiger charge is 2.31. The first-order valence-corrected chi connectivity index (χ1v) is 8.87. The maximum absolute atomic E-state index is 13.8. The number of rotatable bonds is 4. The topological polar surface area (TPSA) is 98.8 Å². The largest absolute Gasteiger partial charge is 0.341 e. The zero-order valence-corrected chi connectivity index (χ0v) is 14.3. The summed E-state index contributed by atoms with van der Waals surface area (Å²) in [5.41, 5.74) is 0. The lowest BCUT2D eigenvalue weighted by Crippen LogP contribution is -2.52. The zero-order valence-electron chi connectivity index (χ0n) is 13.5. The molecule has 3 amide bonds. The maximum Gasteiger partial charge on any atom is 0.321 e. The Morgan fingerprint density at radius 2 is 1.80 bits per heavy atom. The van der Waals surface area contributed by atoms with Gasteiger partial charge >= 0.3 is 6.03 Å². The number of sulfonamides is 1. The molecule has 1 heterocycles. The first kappa shape index (κ1) is 19.2. The Balaban J connectivity index is 1.97. The monoisotopic (exact) mass is 376 g/mol. The van der Waals surface area contributed by atoms with Gasteiger partial charge in [-0.2, -0.15) is 4.31 Å². The number of imide groups is 1. The lowest BCUT2D eigenvalue weighted by molar-refractivity contribution is -0.121. The molecule has 11 heteroatoms. The van der Waals surface area contributed by atoms with Gasteiger partial charge in [0.15, 0.2) is 0 Å². The molecule has 0 atom stereocenters. The summed E-state index contributed by atoms with van der Waals surface area (Å²) in [6, 6.07) is 1.67. The number of amides is 3. The van der Waals surface area contributed by atoms with E-state index in [1.165, 1.54) is 7.05 Å². The van der Waals surface area contributed by atoms with Crippen molar-refractivity contribution in [1.82, 2.24) is 19.8 Å². The molecule has 1 aromatic carbocycles. The van der Waals surface area contributed by atoms with Crippen molar-refractivity contribution in [2.75, 3.05) is 39.8 Å². The van der Waals surface area contributed by atoms with Crippen molar-refractivity contribution in [3.8, 4) is 0 Å². The summed E-state index contributed by atoms with van der Waals surface area (Å²) in [4.78, 5) is 23.8. The molecule has 1 aliphatic heterocycles. The van der Waals surface area contributed by atoms with Gasteiger partial charge < -0.3 is 5.32 Å². The third-order valence-corrected chi connectivity index (χ3v) is 5.62. The molecule has 25 heavy (non-hydrogen) atoms. The van der Waals surface area contributed by atoms with Gasteiger partial charge in [0.25, 0.3) is 0 Å². The minimum Gasteiger partial charge on any atom is -0.341 e. The molecular weight excluding hydrogens is 358 g/mol. The Kier molecular flexibility index (Phi) is 6.03. The normalized spacial score (nSPS) is 16.4. The molecule has 0 unspecified atom stereocenters. The second-order valence-electron chi connectivity index (χ2n) is 5.38. The third kappa shape index (κ3) is 4.71. The summed E-state index contributed by atoms with van der Waals surface area (Å²) in [5, 5.41) is 4.36. The van der Waals surface area contributed by atoms with Gasteiger partial charge in [0.05, 0.1) is 6.54 Å². The number of carbonyl (C=O) groups is 2. The van der Waals surface area contributed by atoms with Gasteiger partial charge in [-0.05, 0) is 12.1 Å². The van der Waals surface area contributed by atoms with Crippen molar-refractivity contribution in [1.29, 1.82) is 0 Å². The van der Waals surface area contributed by atoms with E-state index in [0.717, 1.165) is 16.4 Å². The zero-order chi connectivity index (χ0) is 18.6. The maximum atomic E-state index is 13.8. The predicted molar refractivity (Wildman–Crippen MR) is 84.2 cm³/mol. The SMILES string of the molecule is CNC(=O)NC(=O)CN1CCN(S(=O)(=O)c2ccc(F)cc2F)CC1. The minimum atomic E-state index is -4.08. The fourth-order valence-electron chi connectivity index (χ4n) is 2.38. The molecule has 1 aliphatic rings. The number of urea groups is 1. The van der Waals surface area contributed by atoms with Gasteiger partial charge in [-0.15, -0.1) is 0 Å². The van der Waals surface area contributed by atoms with Crippen LogP contribution in [0.15, 0.2) is 23.1 Å². The van der Waals surface area contributed by atoms with E-state index >= 15 is 0 Å². The summed E-state index contributed by atoms with van der Waals surface area (Å²) in [5.74, 6) is -2.52. The minimum absolute atomic E-state index is 0.0480. The van der Waals surface area contributed by atoms with Crippen LogP contribution in [0.1, 0.15) is 0 Å². The lowest BCUT2D eigenvalue weighted by atomic mass is 10.3. The molecule has 0 aromatic heterocycles. The van der Waals surface area contributed by atoms with Crippen molar-refractivity contribution in [3.05, 3.63) is 29.8 Å². The van der Waals surface area contributed by atoms with E-state index in [0.29, 0.717) is 6.07 Å². The standard InChI is InChI=1S/C14H18F2N4O4S/c1-17-14(22)18-13(21)9-19-4-6-20(7-5-19)25(23,24)12-3-2-10(15)8-11(12)16/h2-3,8H,4-7,9H2,1H3,(H2,17,18,21,22). The number of hydrogen-bond donors (Lipinski definition) is 2. The van der Waals surface area contributed by atoms with Crippen LogP contribution in [-0.4, -0.2) is 69.3 Å². The van der Waals surface area contributed by atoms with Crippen LogP contribution in [0.2, 0.25) is 0 Å². The number of nitrogens with one attached hydrogen (secondary N) is 2. The molecule has 8 nitrogen and oxygen atoms in total. The molecule has 2 N–H and O–H groups in total. The first-order valence-electron chi connectivity index (χ1n) is 7.43. The second-order valence-corrected chi connectivity index (χ2v) is 7.29. The number of hydrogen-bond acceptors (Lipinski definition) is 5. The van der Waals surface area contributed by atoms with Gasteiger partial charge in [0.1, 0.15) is 16.5 Å². The number of nitrogens with zero attached hydrogens (tertiary/aromatic N) is 2. The second kappa shape index (κ2) is 7.85. The summed E-state index contributed by atoms with van der Waals surface area (Å²) in [6.45, 7) is 0.511. The molecule has 0 bridgehead atoms. The van der Waals surface area contributed by atoms with Gasteiger partial charge in [-0.3, -0.25) is 15.0 Å². The van der Waals surface area contributed by atoms with Gasteiger partial charge in [0.2, 0.25) is 15.9 Å². The summed E-state index contributed by atoms with van der Waals surface area (Å²) in [6.07, 6.45) is 0. The Morgan fingerprint density at radius 1 is 1.16 bits per heavy atom. The predicted octanol–water partition coefficient (Wildman–Crippen LogP) is -0.273. The summed E-state index contributed by atoms with van der Waals surface area (Å²) >= 11 is 0. The van der Waals surface area contributed by atoms with E-state index in [4.69, 9.17) is 0 Å². The molecule has 1 aromatic rings. The van der Waals surface area contributed by atoms with Gasteiger partial charge in [-0.1, -0.05) is 0 Å². The number of halogens is 2. The van der Waals surface area contributed by atoms with Crippen molar-refractivity contribution in [2.45, 2.75) is 4.90 Å². The molecule has 0 radical (unpaired) electrons. The van der Waals surface area contributed by atoms with Crippen molar-refractivity contribution in [3.63, 3.8) is 0 Å². The highest BCUT2D eigenvalue weighted by atomic mass is 32.2.